The summed E-state index contributed by atoms with van der Waals surface area (Å²) in [4.78, 5) is 2.53. The maximum atomic E-state index is 5.61. The van der Waals surface area contributed by atoms with Gasteiger partial charge in [0, 0.05) is 50.4 Å². The number of benzene rings is 1. The van der Waals surface area contributed by atoms with E-state index in [4.69, 9.17) is 9.47 Å². The normalized spacial score (nSPS) is 24.4. The maximum absolute atomic E-state index is 5.61. The number of fused-ring (bicyclic) bond motifs is 1. The molecule has 2 fully saturated rings. The third kappa shape index (κ3) is 2.61. The lowest BCUT2D eigenvalue weighted by Crippen LogP contribution is -2.63. The Kier molecular flexibility index (Phi) is 3.49. The van der Waals surface area contributed by atoms with Crippen molar-refractivity contribution in [1.29, 1.82) is 0 Å². The lowest BCUT2D eigenvalue weighted by atomic mass is 9.86. The van der Waals surface area contributed by atoms with E-state index in [1.165, 1.54) is 18.4 Å². The highest BCUT2D eigenvalue weighted by Gasteiger charge is 2.35. The molecule has 2 saturated heterocycles. The molecule has 0 radical (unpaired) electrons. The minimum absolute atomic E-state index is 0.326. The van der Waals surface area contributed by atoms with E-state index < -0.39 is 0 Å². The Morgan fingerprint density at radius 1 is 1.14 bits per heavy atom. The lowest BCUT2D eigenvalue weighted by molar-refractivity contribution is 0.115. The lowest BCUT2D eigenvalue weighted by Gasteiger charge is -2.45. The molecule has 0 atom stereocenters. The quantitative estimate of drug-likeness (QED) is 0.848. The zero-order valence-electron chi connectivity index (χ0n) is 12.4. The highest BCUT2D eigenvalue weighted by atomic mass is 16.7. The molecule has 0 bridgehead atoms. The van der Waals surface area contributed by atoms with Crippen molar-refractivity contribution in [1.82, 2.24) is 15.5 Å². The predicted octanol–water partition coefficient (Wildman–Crippen LogP) is 0.943. The second kappa shape index (κ2) is 5.48. The summed E-state index contributed by atoms with van der Waals surface area (Å²) < 4.78 is 11.1. The number of nitrogens with one attached hydrogen (secondary N) is 2. The van der Waals surface area contributed by atoms with Crippen LogP contribution >= 0.6 is 0 Å². The second-order valence-electron chi connectivity index (χ2n) is 6.31. The van der Waals surface area contributed by atoms with Crippen molar-refractivity contribution in [2.75, 3.05) is 39.5 Å². The molecule has 2 N–H and O–H groups in total. The summed E-state index contributed by atoms with van der Waals surface area (Å²) >= 11 is 0. The molecule has 5 heteroatoms. The van der Waals surface area contributed by atoms with Gasteiger partial charge in [0.15, 0.2) is 11.5 Å². The number of rotatable bonds is 2. The molecule has 114 valence electrons. The van der Waals surface area contributed by atoms with Gasteiger partial charge in [-0.25, -0.2) is 0 Å². The van der Waals surface area contributed by atoms with Gasteiger partial charge in [0.05, 0.1) is 0 Å². The Bertz CT molecular complexity index is 504. The maximum Gasteiger partial charge on any atom is 0.231 e. The van der Waals surface area contributed by atoms with Gasteiger partial charge in [0.25, 0.3) is 0 Å². The van der Waals surface area contributed by atoms with E-state index in [1.54, 1.807) is 0 Å². The molecule has 21 heavy (non-hydrogen) atoms. The number of piperidine rings is 1. The summed E-state index contributed by atoms with van der Waals surface area (Å²) in [5.74, 6) is 1.83. The first-order valence-electron chi connectivity index (χ1n) is 7.90. The largest absolute Gasteiger partial charge is 0.454 e. The van der Waals surface area contributed by atoms with Crippen LogP contribution in [0.3, 0.4) is 0 Å². The van der Waals surface area contributed by atoms with Gasteiger partial charge < -0.3 is 20.1 Å². The Balaban J connectivity index is 1.40. The van der Waals surface area contributed by atoms with Crippen LogP contribution in [0, 0.1) is 0 Å². The minimum atomic E-state index is 0.326. The minimum Gasteiger partial charge on any atom is -0.454 e. The number of hydrogen-bond donors (Lipinski definition) is 2. The van der Waals surface area contributed by atoms with Crippen molar-refractivity contribution in [3.63, 3.8) is 0 Å². The predicted molar refractivity (Wildman–Crippen MR) is 80.7 cm³/mol. The summed E-state index contributed by atoms with van der Waals surface area (Å²) in [5.41, 5.74) is 1.57. The Labute approximate surface area is 125 Å². The zero-order chi connectivity index (χ0) is 14.1. The Hall–Kier alpha value is -1.30. The van der Waals surface area contributed by atoms with E-state index in [0.29, 0.717) is 12.3 Å². The number of ether oxygens (including phenoxy) is 2. The molecular weight excluding hydrogens is 266 g/mol. The summed E-state index contributed by atoms with van der Waals surface area (Å²) in [7, 11) is 0. The van der Waals surface area contributed by atoms with Crippen LogP contribution in [-0.2, 0) is 6.54 Å². The first-order chi connectivity index (χ1) is 10.3. The molecule has 0 unspecified atom stereocenters. The fourth-order valence-electron chi connectivity index (χ4n) is 3.65. The number of para-hydroxylation sites is 1. The first kappa shape index (κ1) is 13.4. The van der Waals surface area contributed by atoms with Gasteiger partial charge in [-0.15, -0.1) is 0 Å². The highest BCUT2D eigenvalue weighted by molar-refractivity contribution is 5.48. The molecular formula is C16H23N3O2. The average molecular weight is 289 g/mol. The van der Waals surface area contributed by atoms with Crippen LogP contribution < -0.4 is 20.1 Å². The van der Waals surface area contributed by atoms with Gasteiger partial charge in [-0.05, 0) is 18.9 Å². The topological polar surface area (TPSA) is 45.8 Å². The fraction of sp³-hybridized carbons (Fsp3) is 0.625. The first-order valence-corrected chi connectivity index (χ1v) is 7.90. The van der Waals surface area contributed by atoms with E-state index in [0.717, 1.165) is 50.8 Å². The smallest absolute Gasteiger partial charge is 0.231 e. The molecule has 5 nitrogen and oxygen atoms in total. The van der Waals surface area contributed by atoms with Crippen molar-refractivity contribution < 1.29 is 9.47 Å². The molecule has 0 saturated carbocycles. The van der Waals surface area contributed by atoms with Crippen molar-refractivity contribution >= 4 is 0 Å². The van der Waals surface area contributed by atoms with Gasteiger partial charge in [0.1, 0.15) is 0 Å². The van der Waals surface area contributed by atoms with Crippen molar-refractivity contribution in [2.45, 2.75) is 24.9 Å². The SMILES string of the molecule is c1cc(CN2CCC3(CC2)CNCCN3)c2c(c1)OCO2. The van der Waals surface area contributed by atoms with Crippen LogP contribution in [0.15, 0.2) is 18.2 Å². The van der Waals surface area contributed by atoms with Crippen molar-refractivity contribution in [2.24, 2.45) is 0 Å². The van der Waals surface area contributed by atoms with Gasteiger partial charge in [0.2, 0.25) is 6.79 Å². The van der Waals surface area contributed by atoms with Crippen LogP contribution in [0.2, 0.25) is 0 Å². The van der Waals surface area contributed by atoms with Crippen LogP contribution in [0.5, 0.6) is 11.5 Å². The number of nitrogens with zero attached hydrogens (tertiary/aromatic N) is 1. The third-order valence-corrected chi connectivity index (χ3v) is 4.95. The molecule has 3 heterocycles. The molecule has 0 aromatic heterocycles. The molecule has 1 spiro atoms. The van der Waals surface area contributed by atoms with Gasteiger partial charge in [-0.3, -0.25) is 4.90 Å². The molecule has 3 aliphatic rings. The van der Waals surface area contributed by atoms with Crippen LogP contribution in [0.1, 0.15) is 18.4 Å². The average Bonchev–Trinajstić information content (AvgIpc) is 3.00. The van der Waals surface area contributed by atoms with E-state index in [-0.39, 0.29) is 0 Å². The Morgan fingerprint density at radius 2 is 2.05 bits per heavy atom. The van der Waals surface area contributed by atoms with E-state index in [1.807, 2.05) is 6.07 Å². The summed E-state index contributed by atoms with van der Waals surface area (Å²) in [6.45, 7) is 6.88. The summed E-state index contributed by atoms with van der Waals surface area (Å²) in [6.07, 6.45) is 2.43. The van der Waals surface area contributed by atoms with Crippen LogP contribution in [0.25, 0.3) is 0 Å². The van der Waals surface area contributed by atoms with Crippen LogP contribution in [0.4, 0.5) is 0 Å². The molecule has 4 rings (SSSR count). The van der Waals surface area contributed by atoms with E-state index in [9.17, 15) is 0 Å². The fourth-order valence-corrected chi connectivity index (χ4v) is 3.65. The molecule has 0 aliphatic carbocycles. The number of likely N-dealkylation sites (tertiary alicyclic amines) is 1. The monoisotopic (exact) mass is 289 g/mol. The molecule has 1 aromatic rings. The Morgan fingerprint density at radius 3 is 2.86 bits per heavy atom. The number of hydrogen-bond acceptors (Lipinski definition) is 5. The van der Waals surface area contributed by atoms with E-state index in [2.05, 4.69) is 27.7 Å². The zero-order valence-corrected chi connectivity index (χ0v) is 12.4. The molecule has 3 aliphatic heterocycles. The standard InChI is InChI=1S/C16H23N3O2/c1-2-13(15-14(3-1)20-12-21-15)10-19-8-4-16(5-9-19)11-17-6-7-18-16/h1-3,17-18H,4-12H2. The van der Waals surface area contributed by atoms with Gasteiger partial charge >= 0.3 is 0 Å². The second-order valence-corrected chi connectivity index (χ2v) is 6.31. The van der Waals surface area contributed by atoms with Crippen molar-refractivity contribution in [3.8, 4) is 11.5 Å². The van der Waals surface area contributed by atoms with E-state index >= 15 is 0 Å². The molecule has 1 aromatic carbocycles. The van der Waals surface area contributed by atoms with Crippen LogP contribution in [-0.4, -0.2) is 50.0 Å². The van der Waals surface area contributed by atoms with Crippen molar-refractivity contribution in [3.05, 3.63) is 23.8 Å². The number of piperazine rings is 1. The highest BCUT2D eigenvalue weighted by Crippen LogP contribution is 2.36. The summed E-state index contributed by atoms with van der Waals surface area (Å²) in [6, 6.07) is 6.19. The molecule has 0 amide bonds. The van der Waals surface area contributed by atoms with Gasteiger partial charge in [-0.1, -0.05) is 12.1 Å². The van der Waals surface area contributed by atoms with Gasteiger partial charge in [-0.2, -0.15) is 0 Å². The third-order valence-electron chi connectivity index (χ3n) is 4.95. The summed E-state index contributed by atoms with van der Waals surface area (Å²) in [5, 5.41) is 7.25.